The third-order valence-corrected chi connectivity index (χ3v) is 3.05. The van der Waals surface area contributed by atoms with E-state index < -0.39 is 0 Å². The summed E-state index contributed by atoms with van der Waals surface area (Å²) in [6.07, 6.45) is 2.90. The molecule has 0 unspecified atom stereocenters. The van der Waals surface area contributed by atoms with Gasteiger partial charge in [0.1, 0.15) is 5.58 Å². The minimum atomic E-state index is 1.06. The van der Waals surface area contributed by atoms with Crippen LogP contribution < -0.4 is 0 Å². The molecule has 2 rings (SSSR count). The fourth-order valence-electron chi connectivity index (χ4n) is 1.23. The van der Waals surface area contributed by atoms with Crippen molar-refractivity contribution in [3.63, 3.8) is 0 Å². The molecule has 0 aliphatic rings. The molecule has 0 aliphatic carbocycles. The van der Waals surface area contributed by atoms with Crippen LogP contribution in [0.1, 0.15) is 18.1 Å². The Morgan fingerprint density at radius 2 is 2.36 bits per heavy atom. The molecular weight excluding hydrogens is 156 g/mol. The summed E-state index contributed by atoms with van der Waals surface area (Å²) in [5.41, 5.74) is 3.68. The van der Waals surface area contributed by atoms with Crippen LogP contribution in [0.3, 0.4) is 0 Å². The molecule has 0 atom stereocenters. The van der Waals surface area contributed by atoms with Crippen molar-refractivity contribution in [3.8, 4) is 0 Å². The first-order valence-electron chi connectivity index (χ1n) is 3.77. The maximum absolute atomic E-state index is 5.42. The van der Waals surface area contributed by atoms with E-state index in [2.05, 4.69) is 19.2 Å². The van der Waals surface area contributed by atoms with Crippen LogP contribution in [-0.2, 0) is 6.42 Å². The highest BCUT2D eigenvalue weighted by Gasteiger charge is 2.07. The first-order valence-corrected chi connectivity index (χ1v) is 4.65. The van der Waals surface area contributed by atoms with Gasteiger partial charge < -0.3 is 4.42 Å². The summed E-state index contributed by atoms with van der Waals surface area (Å²) in [4.78, 5) is 0. The van der Waals surface area contributed by atoms with Gasteiger partial charge in [-0.15, -0.1) is 11.3 Å². The second kappa shape index (κ2) is 2.38. The Balaban J connectivity index is 2.77. The van der Waals surface area contributed by atoms with Crippen molar-refractivity contribution in [3.05, 3.63) is 22.8 Å². The Morgan fingerprint density at radius 3 is 3.09 bits per heavy atom. The maximum Gasteiger partial charge on any atom is 0.148 e. The molecule has 2 aromatic rings. The van der Waals surface area contributed by atoms with Crippen molar-refractivity contribution in [1.29, 1.82) is 0 Å². The topological polar surface area (TPSA) is 13.1 Å². The molecule has 0 aliphatic heterocycles. The van der Waals surface area contributed by atoms with Crippen molar-refractivity contribution >= 4 is 21.6 Å². The number of furan rings is 1. The van der Waals surface area contributed by atoms with Crippen LogP contribution in [0.25, 0.3) is 10.3 Å². The SMILES string of the molecule is CCc1csc2c(C)coc12. The van der Waals surface area contributed by atoms with E-state index in [0.29, 0.717) is 0 Å². The molecule has 0 N–H and O–H groups in total. The Bertz CT molecular complexity index is 370. The molecule has 0 amide bonds. The summed E-state index contributed by atoms with van der Waals surface area (Å²) < 4.78 is 6.73. The first kappa shape index (κ1) is 6.92. The second-order valence-electron chi connectivity index (χ2n) is 2.69. The van der Waals surface area contributed by atoms with E-state index in [-0.39, 0.29) is 0 Å². The lowest BCUT2D eigenvalue weighted by atomic mass is 10.2. The smallest absolute Gasteiger partial charge is 0.148 e. The molecule has 58 valence electrons. The van der Waals surface area contributed by atoms with Gasteiger partial charge in [-0.05, 0) is 18.7 Å². The highest BCUT2D eigenvalue weighted by atomic mass is 32.1. The van der Waals surface area contributed by atoms with Gasteiger partial charge in [-0.2, -0.15) is 0 Å². The van der Waals surface area contributed by atoms with Crippen LogP contribution in [0.2, 0.25) is 0 Å². The summed E-state index contributed by atoms with van der Waals surface area (Å²) >= 11 is 1.78. The average Bonchev–Trinajstić information content (AvgIpc) is 2.53. The van der Waals surface area contributed by atoms with Crippen LogP contribution in [0.15, 0.2) is 16.1 Å². The van der Waals surface area contributed by atoms with E-state index >= 15 is 0 Å². The monoisotopic (exact) mass is 166 g/mol. The summed E-state index contributed by atoms with van der Waals surface area (Å²) in [5.74, 6) is 0. The molecule has 0 bridgehead atoms. The highest BCUT2D eigenvalue weighted by Crippen LogP contribution is 2.30. The Labute approximate surface area is 69.6 Å². The van der Waals surface area contributed by atoms with Crippen molar-refractivity contribution in [2.45, 2.75) is 20.3 Å². The Hall–Kier alpha value is -0.760. The Morgan fingerprint density at radius 1 is 1.55 bits per heavy atom. The zero-order valence-corrected chi connectivity index (χ0v) is 7.49. The molecular formula is C9H10OS. The van der Waals surface area contributed by atoms with Gasteiger partial charge in [-0.3, -0.25) is 0 Å². The predicted molar refractivity (Wildman–Crippen MR) is 48.2 cm³/mol. The normalized spacial score (nSPS) is 11.1. The van der Waals surface area contributed by atoms with Crippen LogP contribution in [0.5, 0.6) is 0 Å². The minimum Gasteiger partial charge on any atom is -0.463 e. The molecule has 2 aromatic heterocycles. The van der Waals surface area contributed by atoms with E-state index in [4.69, 9.17) is 4.42 Å². The number of rotatable bonds is 1. The predicted octanol–water partition coefficient (Wildman–Crippen LogP) is 3.37. The number of thiophene rings is 1. The largest absolute Gasteiger partial charge is 0.463 e. The standard InChI is InChI=1S/C9H10OS/c1-3-7-5-11-9-6(2)4-10-8(7)9/h4-5H,3H2,1-2H3. The summed E-state index contributed by atoms with van der Waals surface area (Å²) in [6.45, 7) is 4.24. The van der Waals surface area contributed by atoms with Gasteiger partial charge in [0.25, 0.3) is 0 Å². The molecule has 2 heterocycles. The molecule has 0 saturated carbocycles. The lowest BCUT2D eigenvalue weighted by Crippen LogP contribution is -1.70. The third kappa shape index (κ3) is 0.897. The van der Waals surface area contributed by atoms with Gasteiger partial charge in [-0.25, -0.2) is 0 Å². The molecule has 1 nitrogen and oxygen atoms in total. The van der Waals surface area contributed by atoms with Crippen LogP contribution >= 0.6 is 11.3 Å². The van der Waals surface area contributed by atoms with Gasteiger partial charge in [0.2, 0.25) is 0 Å². The van der Waals surface area contributed by atoms with Gasteiger partial charge in [0.05, 0.1) is 11.0 Å². The summed E-state index contributed by atoms with van der Waals surface area (Å²) in [7, 11) is 0. The van der Waals surface area contributed by atoms with Gasteiger partial charge in [0, 0.05) is 11.1 Å². The zero-order valence-electron chi connectivity index (χ0n) is 6.68. The van der Waals surface area contributed by atoms with Crippen LogP contribution in [0, 0.1) is 6.92 Å². The van der Waals surface area contributed by atoms with Crippen molar-refractivity contribution in [2.75, 3.05) is 0 Å². The van der Waals surface area contributed by atoms with Crippen molar-refractivity contribution < 1.29 is 4.42 Å². The summed E-state index contributed by atoms with van der Waals surface area (Å²) in [6, 6.07) is 0. The zero-order chi connectivity index (χ0) is 7.84. The molecule has 11 heavy (non-hydrogen) atoms. The molecule has 0 saturated heterocycles. The highest BCUT2D eigenvalue weighted by molar-refractivity contribution is 7.17. The lowest BCUT2D eigenvalue weighted by Gasteiger charge is -1.84. The third-order valence-electron chi connectivity index (χ3n) is 1.91. The average molecular weight is 166 g/mol. The van der Waals surface area contributed by atoms with E-state index in [1.54, 1.807) is 11.3 Å². The first-order chi connectivity index (χ1) is 5.33. The van der Waals surface area contributed by atoms with Crippen LogP contribution in [-0.4, -0.2) is 0 Å². The second-order valence-corrected chi connectivity index (χ2v) is 3.57. The van der Waals surface area contributed by atoms with Crippen LogP contribution in [0.4, 0.5) is 0 Å². The van der Waals surface area contributed by atoms with Crippen molar-refractivity contribution in [1.82, 2.24) is 0 Å². The number of hydrogen-bond acceptors (Lipinski definition) is 2. The van der Waals surface area contributed by atoms with E-state index in [1.165, 1.54) is 15.8 Å². The molecule has 2 heteroatoms. The number of hydrogen-bond donors (Lipinski definition) is 0. The number of fused-ring (bicyclic) bond motifs is 1. The Kier molecular flexibility index (Phi) is 1.50. The molecule has 0 radical (unpaired) electrons. The summed E-state index contributed by atoms with van der Waals surface area (Å²) in [5, 5.41) is 2.18. The van der Waals surface area contributed by atoms with Gasteiger partial charge >= 0.3 is 0 Å². The number of aryl methyl sites for hydroxylation is 2. The van der Waals surface area contributed by atoms with E-state index in [9.17, 15) is 0 Å². The molecule has 0 spiro atoms. The quantitative estimate of drug-likeness (QED) is 0.633. The van der Waals surface area contributed by atoms with Gasteiger partial charge in [-0.1, -0.05) is 6.92 Å². The lowest BCUT2D eigenvalue weighted by molar-refractivity contribution is 0.609. The van der Waals surface area contributed by atoms with E-state index in [1.807, 2.05) is 6.26 Å². The maximum atomic E-state index is 5.42. The fourth-order valence-corrected chi connectivity index (χ4v) is 2.28. The van der Waals surface area contributed by atoms with E-state index in [0.717, 1.165) is 12.0 Å². The fraction of sp³-hybridized carbons (Fsp3) is 0.333. The van der Waals surface area contributed by atoms with Gasteiger partial charge in [0.15, 0.2) is 0 Å². The molecule has 0 aromatic carbocycles. The minimum absolute atomic E-state index is 1.06. The molecule has 0 fully saturated rings. The van der Waals surface area contributed by atoms with Crippen molar-refractivity contribution in [2.24, 2.45) is 0 Å².